The standard InChI is InChI=1S/C9H7FN2/c10-8-4-2-1-3-7(8)9-5-11-6-12-9/h1-6H,(H,11,12). The number of hydrogen-bond donors (Lipinski definition) is 1. The van der Waals surface area contributed by atoms with Crippen LogP contribution in [0.3, 0.4) is 0 Å². The number of aromatic amines is 1. The average Bonchev–Trinajstić information content (AvgIpc) is 2.57. The highest BCUT2D eigenvalue weighted by Crippen LogP contribution is 2.18. The van der Waals surface area contributed by atoms with Crippen LogP contribution in [0.4, 0.5) is 4.39 Å². The maximum absolute atomic E-state index is 13.1. The highest BCUT2D eigenvalue weighted by molar-refractivity contribution is 5.58. The third-order valence-corrected chi connectivity index (χ3v) is 1.66. The molecule has 0 saturated carbocycles. The normalized spacial score (nSPS) is 10.1. The van der Waals surface area contributed by atoms with Crippen LogP contribution in [0.2, 0.25) is 0 Å². The minimum Gasteiger partial charge on any atom is -0.345 e. The number of hydrogen-bond acceptors (Lipinski definition) is 1. The van der Waals surface area contributed by atoms with Gasteiger partial charge in [0.1, 0.15) is 5.82 Å². The van der Waals surface area contributed by atoms with E-state index in [1.165, 1.54) is 12.4 Å². The zero-order valence-corrected chi connectivity index (χ0v) is 6.29. The molecule has 1 aromatic carbocycles. The maximum atomic E-state index is 13.1. The Morgan fingerprint density at radius 3 is 2.75 bits per heavy atom. The highest BCUT2D eigenvalue weighted by Gasteiger charge is 2.03. The lowest BCUT2D eigenvalue weighted by molar-refractivity contribution is 0.631. The Morgan fingerprint density at radius 1 is 1.25 bits per heavy atom. The predicted octanol–water partition coefficient (Wildman–Crippen LogP) is 2.22. The van der Waals surface area contributed by atoms with E-state index in [0.717, 1.165) is 0 Å². The van der Waals surface area contributed by atoms with Gasteiger partial charge in [0, 0.05) is 5.56 Å². The number of benzene rings is 1. The number of nitrogens with one attached hydrogen (secondary N) is 1. The van der Waals surface area contributed by atoms with E-state index in [-0.39, 0.29) is 5.82 Å². The Kier molecular flexibility index (Phi) is 1.63. The molecule has 2 nitrogen and oxygen atoms in total. The Bertz CT molecular complexity index is 368. The summed E-state index contributed by atoms with van der Waals surface area (Å²) in [5.74, 6) is -0.234. The maximum Gasteiger partial charge on any atom is 0.132 e. The molecule has 0 saturated heterocycles. The minimum atomic E-state index is -0.234. The molecule has 0 unspecified atom stereocenters. The number of rotatable bonds is 1. The van der Waals surface area contributed by atoms with Gasteiger partial charge in [-0.1, -0.05) is 12.1 Å². The van der Waals surface area contributed by atoms with E-state index in [9.17, 15) is 4.39 Å². The van der Waals surface area contributed by atoms with Crippen molar-refractivity contribution in [2.75, 3.05) is 0 Å². The minimum absolute atomic E-state index is 0.234. The number of aromatic nitrogens is 2. The van der Waals surface area contributed by atoms with Crippen LogP contribution in [0.1, 0.15) is 0 Å². The molecule has 1 N–H and O–H groups in total. The summed E-state index contributed by atoms with van der Waals surface area (Å²) in [4.78, 5) is 6.66. The molecule has 0 amide bonds. The Morgan fingerprint density at radius 2 is 2.08 bits per heavy atom. The fourth-order valence-corrected chi connectivity index (χ4v) is 1.08. The van der Waals surface area contributed by atoms with Gasteiger partial charge in [-0.05, 0) is 12.1 Å². The lowest BCUT2D eigenvalue weighted by Crippen LogP contribution is -1.81. The summed E-state index contributed by atoms with van der Waals surface area (Å²) in [5.41, 5.74) is 1.25. The van der Waals surface area contributed by atoms with E-state index < -0.39 is 0 Å². The summed E-state index contributed by atoms with van der Waals surface area (Å²) < 4.78 is 13.1. The van der Waals surface area contributed by atoms with Gasteiger partial charge in [-0.15, -0.1) is 0 Å². The number of H-pyrrole nitrogens is 1. The molecule has 0 fully saturated rings. The Balaban J connectivity index is 2.55. The highest BCUT2D eigenvalue weighted by atomic mass is 19.1. The summed E-state index contributed by atoms with van der Waals surface area (Å²) >= 11 is 0. The van der Waals surface area contributed by atoms with Crippen molar-refractivity contribution in [1.82, 2.24) is 9.97 Å². The number of halogens is 1. The summed E-state index contributed by atoms with van der Waals surface area (Å²) in [5, 5.41) is 0. The van der Waals surface area contributed by atoms with Crippen LogP contribution in [0, 0.1) is 5.82 Å². The van der Waals surface area contributed by atoms with Crippen molar-refractivity contribution < 1.29 is 4.39 Å². The molecular formula is C9H7FN2. The molecule has 3 heteroatoms. The third kappa shape index (κ3) is 1.09. The van der Waals surface area contributed by atoms with Crippen molar-refractivity contribution in [2.45, 2.75) is 0 Å². The van der Waals surface area contributed by atoms with Crippen molar-refractivity contribution in [2.24, 2.45) is 0 Å². The molecule has 2 aromatic rings. The van der Waals surface area contributed by atoms with Crippen LogP contribution in [0.5, 0.6) is 0 Å². The molecule has 0 radical (unpaired) electrons. The van der Waals surface area contributed by atoms with Crippen molar-refractivity contribution in [3.8, 4) is 11.3 Å². The van der Waals surface area contributed by atoms with E-state index in [0.29, 0.717) is 11.3 Å². The number of nitrogens with zero attached hydrogens (tertiary/aromatic N) is 1. The lowest BCUT2D eigenvalue weighted by Gasteiger charge is -1.97. The number of imidazole rings is 1. The first-order valence-electron chi connectivity index (χ1n) is 3.61. The van der Waals surface area contributed by atoms with Gasteiger partial charge in [0.2, 0.25) is 0 Å². The van der Waals surface area contributed by atoms with Crippen LogP contribution in [0.15, 0.2) is 36.8 Å². The molecular weight excluding hydrogens is 155 g/mol. The van der Waals surface area contributed by atoms with Gasteiger partial charge in [0.25, 0.3) is 0 Å². The van der Waals surface area contributed by atoms with Gasteiger partial charge in [-0.25, -0.2) is 9.37 Å². The van der Waals surface area contributed by atoms with Crippen LogP contribution in [-0.4, -0.2) is 9.97 Å². The van der Waals surface area contributed by atoms with Gasteiger partial charge in [-0.2, -0.15) is 0 Å². The third-order valence-electron chi connectivity index (χ3n) is 1.66. The average molecular weight is 162 g/mol. The fourth-order valence-electron chi connectivity index (χ4n) is 1.08. The van der Waals surface area contributed by atoms with Crippen LogP contribution >= 0.6 is 0 Å². The quantitative estimate of drug-likeness (QED) is 0.684. The van der Waals surface area contributed by atoms with E-state index in [2.05, 4.69) is 9.97 Å². The first kappa shape index (κ1) is 7.03. The van der Waals surface area contributed by atoms with Crippen molar-refractivity contribution >= 4 is 0 Å². The second kappa shape index (κ2) is 2.77. The SMILES string of the molecule is Fc1ccccc1-c1cnc[nH]1. The van der Waals surface area contributed by atoms with E-state index in [4.69, 9.17) is 0 Å². The van der Waals surface area contributed by atoms with Gasteiger partial charge < -0.3 is 4.98 Å². The molecule has 0 spiro atoms. The molecule has 0 aliphatic heterocycles. The molecule has 60 valence electrons. The van der Waals surface area contributed by atoms with E-state index in [1.54, 1.807) is 24.4 Å². The molecule has 12 heavy (non-hydrogen) atoms. The first-order chi connectivity index (χ1) is 5.88. The van der Waals surface area contributed by atoms with Gasteiger partial charge in [0.15, 0.2) is 0 Å². The largest absolute Gasteiger partial charge is 0.345 e. The molecule has 2 rings (SSSR count). The topological polar surface area (TPSA) is 28.7 Å². The monoisotopic (exact) mass is 162 g/mol. The molecule has 1 aromatic heterocycles. The van der Waals surface area contributed by atoms with Gasteiger partial charge in [0.05, 0.1) is 18.2 Å². The molecule has 0 aliphatic carbocycles. The zero-order valence-electron chi connectivity index (χ0n) is 6.29. The fraction of sp³-hybridized carbons (Fsp3) is 0. The second-order valence-corrected chi connectivity index (χ2v) is 2.45. The van der Waals surface area contributed by atoms with E-state index >= 15 is 0 Å². The predicted molar refractivity (Wildman–Crippen MR) is 44.0 cm³/mol. The van der Waals surface area contributed by atoms with Gasteiger partial charge >= 0.3 is 0 Å². The van der Waals surface area contributed by atoms with Crippen LogP contribution in [0.25, 0.3) is 11.3 Å². The summed E-state index contributed by atoms with van der Waals surface area (Å²) in [7, 11) is 0. The Hall–Kier alpha value is -1.64. The summed E-state index contributed by atoms with van der Waals surface area (Å²) in [6.45, 7) is 0. The zero-order chi connectivity index (χ0) is 8.39. The molecule has 0 bridgehead atoms. The van der Waals surface area contributed by atoms with E-state index in [1.807, 2.05) is 0 Å². The summed E-state index contributed by atoms with van der Waals surface area (Å²) in [6.07, 6.45) is 3.13. The van der Waals surface area contributed by atoms with Gasteiger partial charge in [-0.3, -0.25) is 0 Å². The Labute approximate surface area is 69.1 Å². The molecule has 0 atom stereocenters. The second-order valence-electron chi connectivity index (χ2n) is 2.45. The van der Waals surface area contributed by atoms with Crippen molar-refractivity contribution in [3.05, 3.63) is 42.6 Å². The van der Waals surface area contributed by atoms with Crippen molar-refractivity contribution in [3.63, 3.8) is 0 Å². The first-order valence-corrected chi connectivity index (χ1v) is 3.61. The smallest absolute Gasteiger partial charge is 0.132 e. The van der Waals surface area contributed by atoms with Crippen LogP contribution in [-0.2, 0) is 0 Å². The van der Waals surface area contributed by atoms with Crippen LogP contribution < -0.4 is 0 Å². The molecule has 1 heterocycles. The molecule has 0 aliphatic rings. The lowest BCUT2D eigenvalue weighted by atomic mass is 10.1. The van der Waals surface area contributed by atoms with Crippen molar-refractivity contribution in [1.29, 1.82) is 0 Å². The summed E-state index contributed by atoms with van der Waals surface area (Å²) in [6, 6.07) is 6.59.